The van der Waals surface area contributed by atoms with Crippen molar-refractivity contribution in [2.45, 2.75) is 13.5 Å². The first-order chi connectivity index (χ1) is 11.5. The van der Waals surface area contributed by atoms with Gasteiger partial charge in [0.25, 0.3) is 0 Å². The third-order valence-corrected chi connectivity index (χ3v) is 4.64. The summed E-state index contributed by atoms with van der Waals surface area (Å²) in [6.45, 7) is 3.99. The maximum Gasteiger partial charge on any atom is 0.238 e. The van der Waals surface area contributed by atoms with Gasteiger partial charge in [-0.25, -0.2) is 0 Å². The molecule has 0 spiro atoms. The van der Waals surface area contributed by atoms with Gasteiger partial charge in [-0.3, -0.25) is 9.69 Å². The molecule has 1 aromatic carbocycles. The van der Waals surface area contributed by atoms with Gasteiger partial charge < -0.3 is 14.5 Å². The number of carbonyl (C=O) groups is 1. The van der Waals surface area contributed by atoms with Crippen LogP contribution in [0.5, 0.6) is 0 Å². The number of furan rings is 1. The van der Waals surface area contributed by atoms with Crippen molar-refractivity contribution in [2.75, 3.05) is 32.1 Å². The molecular formula is C17H20Br2N2O3. The first-order valence-electron chi connectivity index (χ1n) is 7.48. The molecule has 0 bridgehead atoms. The lowest BCUT2D eigenvalue weighted by atomic mass is 10.2. The van der Waals surface area contributed by atoms with E-state index < -0.39 is 0 Å². The molecule has 2 aromatic rings. The van der Waals surface area contributed by atoms with Crippen LogP contribution in [0.2, 0.25) is 0 Å². The average molecular weight is 460 g/mol. The Labute approximate surface area is 158 Å². The molecule has 0 aliphatic heterocycles. The van der Waals surface area contributed by atoms with Gasteiger partial charge in [0.15, 0.2) is 0 Å². The summed E-state index contributed by atoms with van der Waals surface area (Å²) in [7, 11) is 1.64. The van der Waals surface area contributed by atoms with Crippen LogP contribution in [-0.4, -0.2) is 37.6 Å². The van der Waals surface area contributed by atoms with E-state index in [1.165, 1.54) is 0 Å². The number of halogens is 2. The number of methoxy groups -OCH3 is 1. The molecule has 0 fully saturated rings. The number of nitrogens with one attached hydrogen (secondary N) is 1. The van der Waals surface area contributed by atoms with Crippen molar-refractivity contribution in [1.29, 1.82) is 0 Å². The fourth-order valence-electron chi connectivity index (χ4n) is 2.26. The van der Waals surface area contributed by atoms with Crippen molar-refractivity contribution in [3.8, 4) is 0 Å². The maximum atomic E-state index is 12.4. The molecule has 0 saturated carbocycles. The van der Waals surface area contributed by atoms with Crippen molar-refractivity contribution in [2.24, 2.45) is 0 Å². The van der Waals surface area contributed by atoms with E-state index in [0.29, 0.717) is 19.7 Å². The number of benzene rings is 1. The number of nitrogens with zero attached hydrogens (tertiary/aromatic N) is 1. The maximum absolute atomic E-state index is 12.4. The second kappa shape index (κ2) is 9.36. The van der Waals surface area contributed by atoms with E-state index >= 15 is 0 Å². The molecule has 130 valence electrons. The number of hydrogen-bond donors (Lipinski definition) is 1. The minimum atomic E-state index is -0.0945. The number of aryl methyl sites for hydroxylation is 1. The van der Waals surface area contributed by atoms with Gasteiger partial charge >= 0.3 is 0 Å². The van der Waals surface area contributed by atoms with Crippen LogP contribution >= 0.6 is 31.9 Å². The van der Waals surface area contributed by atoms with Crippen LogP contribution < -0.4 is 5.32 Å². The lowest BCUT2D eigenvalue weighted by Crippen LogP contribution is -2.35. The zero-order chi connectivity index (χ0) is 17.5. The summed E-state index contributed by atoms with van der Waals surface area (Å²) in [5.41, 5.74) is 1.83. The Morgan fingerprint density at radius 1 is 1.33 bits per heavy atom. The molecule has 0 atom stereocenters. The van der Waals surface area contributed by atoms with Crippen molar-refractivity contribution < 1.29 is 13.9 Å². The Morgan fingerprint density at radius 2 is 2.04 bits per heavy atom. The predicted octanol–water partition coefficient (Wildman–Crippen LogP) is 4.20. The van der Waals surface area contributed by atoms with E-state index in [0.717, 1.165) is 26.0 Å². The molecule has 0 saturated heterocycles. The van der Waals surface area contributed by atoms with Gasteiger partial charge in [0.05, 0.1) is 31.6 Å². The third kappa shape index (κ3) is 5.73. The Hall–Kier alpha value is -1.15. The van der Waals surface area contributed by atoms with E-state index in [1.54, 1.807) is 13.4 Å². The summed E-state index contributed by atoms with van der Waals surface area (Å²) in [5, 5.41) is 2.95. The van der Waals surface area contributed by atoms with Gasteiger partial charge in [0.1, 0.15) is 5.76 Å². The van der Waals surface area contributed by atoms with Crippen molar-refractivity contribution in [3.63, 3.8) is 0 Å². The predicted molar refractivity (Wildman–Crippen MR) is 101 cm³/mol. The van der Waals surface area contributed by atoms with Gasteiger partial charge in [-0.2, -0.15) is 0 Å². The molecule has 0 aliphatic rings. The SMILES string of the molecule is COCCN(CC(=O)Nc1c(Br)cc(C)cc1Br)Cc1ccco1. The second-order valence-corrected chi connectivity index (χ2v) is 7.14. The molecule has 24 heavy (non-hydrogen) atoms. The van der Waals surface area contributed by atoms with E-state index in [4.69, 9.17) is 9.15 Å². The zero-order valence-electron chi connectivity index (χ0n) is 13.6. The standard InChI is InChI=1S/C17H20Br2N2O3/c1-12-8-14(18)17(15(19)9-12)20-16(22)11-21(5-7-23-2)10-13-4-3-6-24-13/h3-4,6,8-9H,5,7,10-11H2,1-2H3,(H,20,22). The molecule has 1 heterocycles. The highest BCUT2D eigenvalue weighted by molar-refractivity contribution is 9.11. The van der Waals surface area contributed by atoms with Crippen molar-refractivity contribution in [3.05, 3.63) is 50.8 Å². The Balaban J connectivity index is 2.01. The lowest BCUT2D eigenvalue weighted by Gasteiger charge is -2.21. The fraction of sp³-hybridized carbons (Fsp3) is 0.353. The zero-order valence-corrected chi connectivity index (χ0v) is 16.8. The van der Waals surface area contributed by atoms with E-state index in [1.807, 2.05) is 36.1 Å². The highest BCUT2D eigenvalue weighted by Gasteiger charge is 2.15. The minimum Gasteiger partial charge on any atom is -0.468 e. The molecular weight excluding hydrogens is 440 g/mol. The number of hydrogen-bond acceptors (Lipinski definition) is 4. The van der Waals surface area contributed by atoms with Gasteiger partial charge in [0, 0.05) is 22.6 Å². The normalized spacial score (nSPS) is 11.0. The lowest BCUT2D eigenvalue weighted by molar-refractivity contribution is -0.117. The number of carbonyl (C=O) groups excluding carboxylic acids is 1. The molecule has 5 nitrogen and oxygen atoms in total. The van der Waals surface area contributed by atoms with E-state index in [2.05, 4.69) is 37.2 Å². The van der Waals surface area contributed by atoms with Crippen LogP contribution in [0.15, 0.2) is 43.9 Å². The molecule has 0 radical (unpaired) electrons. The summed E-state index contributed by atoms with van der Waals surface area (Å²) >= 11 is 6.98. The first kappa shape index (κ1) is 19.2. The van der Waals surface area contributed by atoms with Gasteiger partial charge in [-0.05, 0) is 68.6 Å². The largest absolute Gasteiger partial charge is 0.468 e. The smallest absolute Gasteiger partial charge is 0.238 e. The van der Waals surface area contributed by atoms with Gasteiger partial charge in [-0.15, -0.1) is 0 Å². The van der Waals surface area contributed by atoms with Gasteiger partial charge in [0.2, 0.25) is 5.91 Å². The summed E-state index contributed by atoms with van der Waals surface area (Å²) in [5.74, 6) is 0.722. The van der Waals surface area contributed by atoms with Crippen molar-refractivity contribution >= 4 is 43.5 Å². The number of amides is 1. The minimum absolute atomic E-state index is 0.0945. The van der Waals surface area contributed by atoms with Crippen molar-refractivity contribution in [1.82, 2.24) is 4.90 Å². The number of rotatable bonds is 8. The highest BCUT2D eigenvalue weighted by Crippen LogP contribution is 2.32. The summed E-state index contributed by atoms with van der Waals surface area (Å²) < 4.78 is 12.2. The fourth-order valence-corrected chi connectivity index (χ4v) is 3.87. The van der Waals surface area contributed by atoms with Crippen LogP contribution in [0.3, 0.4) is 0 Å². The first-order valence-corrected chi connectivity index (χ1v) is 9.07. The Kier molecular flexibility index (Phi) is 7.48. The highest BCUT2D eigenvalue weighted by atomic mass is 79.9. The monoisotopic (exact) mass is 458 g/mol. The molecule has 1 amide bonds. The molecule has 2 rings (SSSR count). The number of ether oxygens (including phenoxy) is 1. The molecule has 1 N–H and O–H groups in total. The molecule has 0 unspecified atom stereocenters. The quantitative estimate of drug-likeness (QED) is 0.642. The summed E-state index contributed by atoms with van der Waals surface area (Å²) in [6.07, 6.45) is 1.63. The van der Waals surface area contributed by atoms with Crippen LogP contribution in [0.1, 0.15) is 11.3 Å². The summed E-state index contributed by atoms with van der Waals surface area (Å²) in [6, 6.07) is 7.66. The van der Waals surface area contributed by atoms with E-state index in [-0.39, 0.29) is 12.5 Å². The van der Waals surface area contributed by atoms with Crippen LogP contribution in [0, 0.1) is 6.92 Å². The number of anilines is 1. The van der Waals surface area contributed by atoms with Gasteiger partial charge in [-0.1, -0.05) is 0 Å². The van der Waals surface area contributed by atoms with Crippen LogP contribution in [-0.2, 0) is 16.1 Å². The Bertz CT molecular complexity index is 651. The molecule has 7 heteroatoms. The van der Waals surface area contributed by atoms with Crippen LogP contribution in [0.4, 0.5) is 5.69 Å². The average Bonchev–Trinajstić information content (AvgIpc) is 3.01. The molecule has 1 aromatic heterocycles. The topological polar surface area (TPSA) is 54.7 Å². The summed E-state index contributed by atoms with van der Waals surface area (Å²) in [4.78, 5) is 14.4. The third-order valence-electron chi connectivity index (χ3n) is 3.39. The molecule has 0 aliphatic carbocycles. The Morgan fingerprint density at radius 3 is 2.62 bits per heavy atom. The van der Waals surface area contributed by atoms with E-state index in [9.17, 15) is 4.79 Å². The van der Waals surface area contributed by atoms with Crippen LogP contribution in [0.25, 0.3) is 0 Å². The second-order valence-electron chi connectivity index (χ2n) is 5.43.